The van der Waals surface area contributed by atoms with Gasteiger partial charge in [0, 0.05) is 17.6 Å². The zero-order valence-corrected chi connectivity index (χ0v) is 12.5. The molecular formula is C15H13ClN4O2. The summed E-state index contributed by atoms with van der Waals surface area (Å²) in [6.45, 7) is 0.352. The van der Waals surface area contributed by atoms with Crippen molar-refractivity contribution in [3.05, 3.63) is 53.1 Å². The highest BCUT2D eigenvalue weighted by Gasteiger charge is 2.12. The molecule has 0 aliphatic carbocycles. The number of fused-ring (bicyclic) bond motifs is 1. The Morgan fingerprint density at radius 2 is 2.18 bits per heavy atom. The molecule has 112 valence electrons. The molecule has 7 heteroatoms. The number of rotatable bonds is 3. The maximum atomic E-state index is 12.3. The molecule has 1 heterocycles. The van der Waals surface area contributed by atoms with Crippen LogP contribution < -0.4 is 10.1 Å². The van der Waals surface area contributed by atoms with E-state index in [1.54, 1.807) is 37.4 Å². The van der Waals surface area contributed by atoms with E-state index in [0.29, 0.717) is 28.4 Å². The first-order chi connectivity index (χ1) is 10.7. The quantitative estimate of drug-likeness (QED) is 0.806. The van der Waals surface area contributed by atoms with Gasteiger partial charge in [-0.05, 0) is 29.8 Å². The third-order valence-corrected chi connectivity index (χ3v) is 3.41. The number of nitrogens with one attached hydrogen (secondary N) is 1. The fourth-order valence-electron chi connectivity index (χ4n) is 2.08. The van der Waals surface area contributed by atoms with Crippen LogP contribution in [-0.4, -0.2) is 28.1 Å². The van der Waals surface area contributed by atoms with E-state index in [1.165, 1.54) is 4.68 Å². The average molecular weight is 317 g/mol. The van der Waals surface area contributed by atoms with Crippen LogP contribution in [-0.2, 0) is 6.54 Å². The second kappa shape index (κ2) is 6.03. The number of carbonyl (C=O) groups excluding carboxylic acids is 1. The zero-order valence-electron chi connectivity index (χ0n) is 11.8. The molecule has 0 aliphatic heterocycles. The standard InChI is InChI=1S/C15H13ClN4O2/c1-22-12-5-6-13-14(8-12)20(19-18-13)15(21)17-9-10-3-2-4-11(16)7-10/h2-8H,9H2,1H3,(H,17,21). The fourth-order valence-corrected chi connectivity index (χ4v) is 2.29. The minimum Gasteiger partial charge on any atom is -0.497 e. The van der Waals surface area contributed by atoms with Gasteiger partial charge in [-0.3, -0.25) is 0 Å². The first-order valence-electron chi connectivity index (χ1n) is 6.59. The predicted octanol–water partition coefficient (Wildman–Crippen LogP) is 2.85. The molecule has 0 saturated heterocycles. The number of nitrogens with zero attached hydrogens (tertiary/aromatic N) is 3. The Balaban J connectivity index is 1.80. The maximum absolute atomic E-state index is 12.3. The highest BCUT2D eigenvalue weighted by molar-refractivity contribution is 6.30. The lowest BCUT2D eigenvalue weighted by atomic mass is 10.2. The molecule has 0 saturated carbocycles. The molecule has 1 N–H and O–H groups in total. The van der Waals surface area contributed by atoms with Crippen molar-refractivity contribution in [1.82, 2.24) is 20.3 Å². The Morgan fingerprint density at radius 3 is 2.95 bits per heavy atom. The number of hydrogen-bond donors (Lipinski definition) is 1. The fraction of sp³-hybridized carbons (Fsp3) is 0.133. The van der Waals surface area contributed by atoms with Crippen molar-refractivity contribution in [3.63, 3.8) is 0 Å². The minimum atomic E-state index is -0.365. The molecule has 3 rings (SSSR count). The van der Waals surface area contributed by atoms with Crippen LogP contribution in [0.5, 0.6) is 5.75 Å². The lowest BCUT2D eigenvalue weighted by Crippen LogP contribution is -2.28. The average Bonchev–Trinajstić information content (AvgIpc) is 2.95. The van der Waals surface area contributed by atoms with Gasteiger partial charge < -0.3 is 10.1 Å². The summed E-state index contributed by atoms with van der Waals surface area (Å²) in [6, 6.07) is 12.2. The van der Waals surface area contributed by atoms with Crippen molar-refractivity contribution >= 4 is 28.7 Å². The summed E-state index contributed by atoms with van der Waals surface area (Å²) in [5, 5.41) is 11.2. The van der Waals surface area contributed by atoms with Crippen LogP contribution in [0.1, 0.15) is 5.56 Å². The van der Waals surface area contributed by atoms with Gasteiger partial charge >= 0.3 is 6.03 Å². The molecule has 2 aromatic carbocycles. The van der Waals surface area contributed by atoms with Crippen LogP contribution in [0.15, 0.2) is 42.5 Å². The van der Waals surface area contributed by atoms with E-state index in [-0.39, 0.29) is 6.03 Å². The third-order valence-electron chi connectivity index (χ3n) is 3.18. The second-order valence-electron chi connectivity index (χ2n) is 4.64. The minimum absolute atomic E-state index is 0.352. The monoisotopic (exact) mass is 316 g/mol. The molecule has 3 aromatic rings. The summed E-state index contributed by atoms with van der Waals surface area (Å²) in [6.07, 6.45) is 0. The first kappa shape index (κ1) is 14.3. The molecule has 0 spiro atoms. The van der Waals surface area contributed by atoms with Gasteiger partial charge in [0.2, 0.25) is 0 Å². The molecule has 0 bridgehead atoms. The summed E-state index contributed by atoms with van der Waals surface area (Å²) in [7, 11) is 1.56. The van der Waals surface area contributed by atoms with E-state index in [2.05, 4.69) is 15.6 Å². The molecule has 0 radical (unpaired) electrons. The molecule has 0 atom stereocenters. The lowest BCUT2D eigenvalue weighted by Gasteiger charge is -2.06. The van der Waals surface area contributed by atoms with Crippen molar-refractivity contribution in [2.75, 3.05) is 7.11 Å². The second-order valence-corrected chi connectivity index (χ2v) is 5.08. The number of ether oxygens (including phenoxy) is 1. The Bertz CT molecular complexity index is 831. The Kier molecular flexibility index (Phi) is 3.93. The number of carbonyl (C=O) groups is 1. The van der Waals surface area contributed by atoms with Gasteiger partial charge in [-0.1, -0.05) is 28.9 Å². The van der Waals surface area contributed by atoms with Crippen LogP contribution in [0.25, 0.3) is 11.0 Å². The lowest BCUT2D eigenvalue weighted by molar-refractivity contribution is 0.239. The van der Waals surface area contributed by atoms with Crippen molar-refractivity contribution in [2.24, 2.45) is 0 Å². The largest absolute Gasteiger partial charge is 0.497 e. The van der Waals surface area contributed by atoms with Crippen molar-refractivity contribution in [3.8, 4) is 5.75 Å². The Morgan fingerprint density at radius 1 is 1.32 bits per heavy atom. The molecule has 1 aromatic heterocycles. The molecule has 6 nitrogen and oxygen atoms in total. The van der Waals surface area contributed by atoms with E-state index >= 15 is 0 Å². The summed E-state index contributed by atoms with van der Waals surface area (Å²) in [5.41, 5.74) is 2.12. The van der Waals surface area contributed by atoms with Crippen LogP contribution in [0.2, 0.25) is 5.02 Å². The molecule has 1 amide bonds. The zero-order chi connectivity index (χ0) is 15.5. The van der Waals surface area contributed by atoms with Crippen LogP contribution in [0.3, 0.4) is 0 Å². The Labute approximate surface area is 131 Å². The van der Waals surface area contributed by atoms with Crippen LogP contribution in [0.4, 0.5) is 4.79 Å². The van der Waals surface area contributed by atoms with Gasteiger partial charge in [-0.15, -0.1) is 5.10 Å². The number of amides is 1. The first-order valence-corrected chi connectivity index (χ1v) is 6.97. The number of benzene rings is 2. The third kappa shape index (κ3) is 2.87. The molecule has 0 unspecified atom stereocenters. The van der Waals surface area contributed by atoms with Gasteiger partial charge in [0.15, 0.2) is 0 Å². The van der Waals surface area contributed by atoms with Crippen molar-refractivity contribution in [1.29, 1.82) is 0 Å². The normalized spacial score (nSPS) is 10.6. The Hall–Kier alpha value is -2.60. The topological polar surface area (TPSA) is 69.0 Å². The van der Waals surface area contributed by atoms with Gasteiger partial charge in [0.25, 0.3) is 0 Å². The van der Waals surface area contributed by atoms with E-state index in [4.69, 9.17) is 16.3 Å². The smallest absolute Gasteiger partial charge is 0.344 e. The van der Waals surface area contributed by atoms with E-state index in [9.17, 15) is 4.79 Å². The molecule has 0 aliphatic rings. The van der Waals surface area contributed by atoms with Crippen molar-refractivity contribution < 1.29 is 9.53 Å². The summed E-state index contributed by atoms with van der Waals surface area (Å²) < 4.78 is 6.36. The number of hydrogen-bond acceptors (Lipinski definition) is 4. The number of aromatic nitrogens is 3. The number of methoxy groups -OCH3 is 1. The van der Waals surface area contributed by atoms with E-state index in [1.807, 2.05) is 12.1 Å². The molecular weight excluding hydrogens is 304 g/mol. The summed E-state index contributed by atoms with van der Waals surface area (Å²) in [5.74, 6) is 0.638. The summed E-state index contributed by atoms with van der Waals surface area (Å²) >= 11 is 5.92. The van der Waals surface area contributed by atoms with Gasteiger partial charge in [0.05, 0.1) is 7.11 Å². The highest BCUT2D eigenvalue weighted by atomic mass is 35.5. The highest BCUT2D eigenvalue weighted by Crippen LogP contribution is 2.18. The molecule has 0 fully saturated rings. The van der Waals surface area contributed by atoms with Gasteiger partial charge in [-0.25, -0.2) is 4.79 Å². The molecule has 22 heavy (non-hydrogen) atoms. The van der Waals surface area contributed by atoms with Crippen LogP contribution >= 0.6 is 11.6 Å². The predicted molar refractivity (Wildman–Crippen MR) is 83.2 cm³/mol. The number of halogens is 1. The van der Waals surface area contributed by atoms with E-state index < -0.39 is 0 Å². The maximum Gasteiger partial charge on any atom is 0.344 e. The van der Waals surface area contributed by atoms with Crippen molar-refractivity contribution in [2.45, 2.75) is 6.54 Å². The summed E-state index contributed by atoms with van der Waals surface area (Å²) in [4.78, 5) is 12.3. The van der Waals surface area contributed by atoms with Gasteiger partial charge in [-0.2, -0.15) is 4.68 Å². The SMILES string of the molecule is COc1ccc2nnn(C(=O)NCc3cccc(Cl)c3)c2c1. The van der Waals surface area contributed by atoms with E-state index in [0.717, 1.165) is 5.56 Å². The van der Waals surface area contributed by atoms with Gasteiger partial charge in [0.1, 0.15) is 16.8 Å². The van der Waals surface area contributed by atoms with Crippen LogP contribution in [0, 0.1) is 0 Å².